The second kappa shape index (κ2) is 10.6. The first-order chi connectivity index (χ1) is 11.4. The number of nitrogens with zero attached hydrogens (tertiary/aromatic N) is 2. The Morgan fingerprint density at radius 2 is 1.09 bits per heavy atom. The molecule has 0 atom stereocenters. The van der Waals surface area contributed by atoms with Gasteiger partial charge in [0.1, 0.15) is 0 Å². The van der Waals surface area contributed by atoms with Crippen molar-refractivity contribution in [1.82, 2.24) is 0 Å². The van der Waals surface area contributed by atoms with Gasteiger partial charge in [-0.15, -0.1) is 0 Å². The highest BCUT2D eigenvalue weighted by molar-refractivity contribution is 5.78. The minimum Gasteiger partial charge on any atom is -0.352 e. The molecule has 116 valence electrons. The fraction of sp³-hybridized carbons (Fsp3) is 0.0526. The van der Waals surface area contributed by atoms with Crippen molar-refractivity contribution in [1.29, 1.82) is 0 Å². The van der Waals surface area contributed by atoms with E-state index in [-0.39, 0.29) is 6.79 Å². The summed E-state index contributed by atoms with van der Waals surface area (Å²) in [7, 11) is 0. The summed E-state index contributed by atoms with van der Waals surface area (Å²) in [6, 6.07) is 19.9. The molecule has 0 saturated heterocycles. The maximum Gasteiger partial charge on any atom is 0.280 e. The average molecular weight is 306 g/mol. The Hall–Kier alpha value is -3.14. The van der Waals surface area contributed by atoms with Crippen LogP contribution in [-0.4, -0.2) is 19.2 Å². The first kappa shape index (κ1) is 16.2. The van der Waals surface area contributed by atoms with E-state index in [2.05, 4.69) is 10.3 Å². The third kappa shape index (κ3) is 7.43. The Morgan fingerprint density at radius 3 is 1.52 bits per heavy atom. The topological polar surface area (TPSA) is 43.2 Å². The van der Waals surface area contributed by atoms with Gasteiger partial charge in [0.05, 0.1) is 12.4 Å². The fourth-order valence-electron chi connectivity index (χ4n) is 1.68. The van der Waals surface area contributed by atoms with Gasteiger partial charge in [0.2, 0.25) is 0 Å². The third-order valence-corrected chi connectivity index (χ3v) is 2.72. The molecule has 0 aliphatic carbocycles. The van der Waals surface area contributed by atoms with E-state index in [1.165, 1.54) is 0 Å². The normalized spacial score (nSPS) is 11.8. The van der Waals surface area contributed by atoms with E-state index in [9.17, 15) is 0 Å². The number of rotatable bonds is 8. The molecule has 0 fully saturated rings. The van der Waals surface area contributed by atoms with Crippen LogP contribution >= 0.6 is 0 Å². The zero-order valence-corrected chi connectivity index (χ0v) is 12.7. The zero-order valence-electron chi connectivity index (χ0n) is 12.7. The van der Waals surface area contributed by atoms with Gasteiger partial charge in [-0.2, -0.15) is 0 Å². The van der Waals surface area contributed by atoms with Crippen LogP contribution in [0.4, 0.5) is 0 Å². The standard InChI is InChI=1S/C19H18N2O2/c1-3-9-18(10-4-1)13-7-15-20-22-17-23-21-16-8-14-19-11-5-2-6-12-19/h1-16H,17H2/b13-7+,14-8+,20-15-,21-16+. The Labute approximate surface area is 136 Å². The molecule has 0 saturated carbocycles. The van der Waals surface area contributed by atoms with Gasteiger partial charge < -0.3 is 9.68 Å². The molecular formula is C19H18N2O2. The van der Waals surface area contributed by atoms with E-state index in [4.69, 9.17) is 9.68 Å². The van der Waals surface area contributed by atoms with Gasteiger partial charge in [-0.05, 0) is 23.3 Å². The quantitative estimate of drug-likeness (QED) is 0.314. The van der Waals surface area contributed by atoms with Crippen LogP contribution in [0.3, 0.4) is 0 Å². The molecule has 2 rings (SSSR count). The van der Waals surface area contributed by atoms with E-state index in [0.717, 1.165) is 11.1 Å². The van der Waals surface area contributed by atoms with Crippen molar-refractivity contribution in [2.75, 3.05) is 6.79 Å². The minimum absolute atomic E-state index is 0.0364. The molecule has 0 bridgehead atoms. The molecule has 0 aromatic heterocycles. The summed E-state index contributed by atoms with van der Waals surface area (Å²) in [5.41, 5.74) is 2.20. The van der Waals surface area contributed by atoms with Gasteiger partial charge in [0.15, 0.2) is 0 Å². The summed E-state index contributed by atoms with van der Waals surface area (Å²) in [6.45, 7) is -0.0364. The van der Waals surface area contributed by atoms with Crippen LogP contribution in [0.25, 0.3) is 12.2 Å². The first-order valence-electron chi connectivity index (χ1n) is 7.19. The van der Waals surface area contributed by atoms with Crippen LogP contribution in [0, 0.1) is 0 Å². The molecule has 0 unspecified atom stereocenters. The molecule has 2 aromatic rings. The van der Waals surface area contributed by atoms with Crippen LogP contribution in [0.1, 0.15) is 11.1 Å². The van der Waals surface area contributed by atoms with E-state index >= 15 is 0 Å². The average Bonchev–Trinajstić information content (AvgIpc) is 2.61. The number of allylic oxidation sites excluding steroid dienone is 2. The smallest absolute Gasteiger partial charge is 0.280 e. The summed E-state index contributed by atoms with van der Waals surface area (Å²) in [6.07, 6.45) is 10.5. The van der Waals surface area contributed by atoms with Crippen molar-refractivity contribution in [3.05, 3.63) is 83.9 Å². The summed E-state index contributed by atoms with van der Waals surface area (Å²) in [4.78, 5) is 9.79. The van der Waals surface area contributed by atoms with Crippen molar-refractivity contribution in [3.8, 4) is 0 Å². The maximum atomic E-state index is 4.89. The minimum atomic E-state index is -0.0364. The third-order valence-electron chi connectivity index (χ3n) is 2.72. The van der Waals surface area contributed by atoms with Crippen LogP contribution in [-0.2, 0) is 9.68 Å². The van der Waals surface area contributed by atoms with Gasteiger partial charge in [-0.3, -0.25) is 0 Å². The summed E-state index contributed by atoms with van der Waals surface area (Å²) in [5.74, 6) is 0. The molecule has 0 amide bonds. The second-order valence-corrected chi connectivity index (χ2v) is 4.42. The van der Waals surface area contributed by atoms with E-state index < -0.39 is 0 Å². The maximum absolute atomic E-state index is 4.89. The van der Waals surface area contributed by atoms with Gasteiger partial charge in [0.25, 0.3) is 6.79 Å². The molecule has 0 aliphatic rings. The molecule has 4 heteroatoms. The number of benzene rings is 2. The molecule has 0 spiro atoms. The highest BCUT2D eigenvalue weighted by Gasteiger charge is 1.82. The molecular weight excluding hydrogens is 288 g/mol. The lowest BCUT2D eigenvalue weighted by atomic mass is 10.2. The summed E-state index contributed by atoms with van der Waals surface area (Å²) < 4.78 is 0. The van der Waals surface area contributed by atoms with E-state index in [1.54, 1.807) is 24.6 Å². The van der Waals surface area contributed by atoms with Crippen molar-refractivity contribution < 1.29 is 9.68 Å². The highest BCUT2D eigenvalue weighted by Crippen LogP contribution is 2.00. The number of oxime groups is 2. The predicted molar refractivity (Wildman–Crippen MR) is 95.0 cm³/mol. The zero-order chi connectivity index (χ0) is 16.0. The van der Waals surface area contributed by atoms with Crippen molar-refractivity contribution in [2.24, 2.45) is 10.3 Å². The van der Waals surface area contributed by atoms with Crippen molar-refractivity contribution >= 4 is 24.6 Å². The first-order valence-corrected chi connectivity index (χ1v) is 7.19. The largest absolute Gasteiger partial charge is 0.352 e. The predicted octanol–water partition coefficient (Wildman–Crippen LogP) is 4.38. The molecule has 23 heavy (non-hydrogen) atoms. The molecule has 0 radical (unpaired) electrons. The lowest BCUT2D eigenvalue weighted by Crippen LogP contribution is -1.89. The molecule has 2 aromatic carbocycles. The van der Waals surface area contributed by atoms with Crippen molar-refractivity contribution in [2.45, 2.75) is 0 Å². The second-order valence-electron chi connectivity index (χ2n) is 4.42. The fourth-order valence-corrected chi connectivity index (χ4v) is 1.68. The molecule has 4 nitrogen and oxygen atoms in total. The van der Waals surface area contributed by atoms with Gasteiger partial charge >= 0.3 is 0 Å². The monoisotopic (exact) mass is 306 g/mol. The molecule has 0 heterocycles. The number of hydrogen-bond acceptors (Lipinski definition) is 4. The van der Waals surface area contributed by atoms with Gasteiger partial charge in [-0.25, -0.2) is 0 Å². The van der Waals surface area contributed by atoms with Gasteiger partial charge in [-0.1, -0.05) is 83.1 Å². The number of hydrogen-bond donors (Lipinski definition) is 0. The Balaban J connectivity index is 1.57. The highest BCUT2D eigenvalue weighted by atomic mass is 16.8. The van der Waals surface area contributed by atoms with Crippen LogP contribution < -0.4 is 0 Å². The van der Waals surface area contributed by atoms with Gasteiger partial charge in [0, 0.05) is 0 Å². The summed E-state index contributed by atoms with van der Waals surface area (Å²) in [5, 5.41) is 7.45. The lowest BCUT2D eigenvalue weighted by molar-refractivity contribution is -0.0492. The van der Waals surface area contributed by atoms with E-state index in [0.29, 0.717) is 0 Å². The van der Waals surface area contributed by atoms with Crippen LogP contribution in [0.2, 0.25) is 0 Å². The molecule has 0 N–H and O–H groups in total. The Morgan fingerprint density at radius 1 is 0.652 bits per heavy atom. The Bertz CT molecular complexity index is 603. The molecule has 0 aliphatic heterocycles. The van der Waals surface area contributed by atoms with Crippen molar-refractivity contribution in [3.63, 3.8) is 0 Å². The lowest BCUT2D eigenvalue weighted by Gasteiger charge is -1.94. The van der Waals surface area contributed by atoms with E-state index in [1.807, 2.05) is 72.8 Å². The Kier molecular flexibility index (Phi) is 7.46. The van der Waals surface area contributed by atoms with Crippen LogP contribution in [0.15, 0.2) is 83.1 Å². The van der Waals surface area contributed by atoms with Crippen LogP contribution in [0.5, 0.6) is 0 Å². The summed E-state index contributed by atoms with van der Waals surface area (Å²) >= 11 is 0. The SMILES string of the molecule is C(/C=C/c1ccccc1)=N/OCO/N=C/C=C/c1ccccc1.